The number of carbonyl (C=O) groups is 1. The Morgan fingerprint density at radius 1 is 1.28 bits per heavy atom. The van der Waals surface area contributed by atoms with Crippen molar-refractivity contribution in [3.05, 3.63) is 11.8 Å². The first-order chi connectivity index (χ1) is 14.8. The zero-order valence-electron chi connectivity index (χ0n) is 19.5. The molecule has 1 unspecified atom stereocenters. The van der Waals surface area contributed by atoms with Crippen molar-refractivity contribution >= 4 is 27.5 Å². The molecule has 1 saturated heterocycles. The number of ether oxygens (including phenoxy) is 1. The predicted octanol–water partition coefficient (Wildman–Crippen LogP) is 2.71. The van der Waals surface area contributed by atoms with Gasteiger partial charge in [0.2, 0.25) is 9.84 Å². The van der Waals surface area contributed by atoms with E-state index in [4.69, 9.17) is 4.74 Å². The highest BCUT2D eigenvalue weighted by atomic mass is 32.2. The first-order valence-electron chi connectivity index (χ1n) is 11.0. The number of anilines is 1. The van der Waals surface area contributed by atoms with Crippen molar-refractivity contribution in [3.8, 4) is 0 Å². The zero-order chi connectivity index (χ0) is 23.4. The van der Waals surface area contributed by atoms with Crippen LogP contribution in [0.3, 0.4) is 0 Å². The third kappa shape index (κ3) is 4.53. The fourth-order valence-electron chi connectivity index (χ4n) is 4.54. The van der Waals surface area contributed by atoms with E-state index in [0.717, 1.165) is 24.8 Å². The van der Waals surface area contributed by atoms with Crippen LogP contribution in [0.15, 0.2) is 11.2 Å². The van der Waals surface area contributed by atoms with E-state index in [1.807, 2.05) is 45.6 Å². The largest absolute Gasteiger partial charge is 0.444 e. The Morgan fingerprint density at radius 3 is 2.56 bits per heavy atom. The fourth-order valence-corrected chi connectivity index (χ4v) is 5.01. The molecule has 1 amide bonds. The Bertz CT molecular complexity index is 1140. The van der Waals surface area contributed by atoms with Crippen molar-refractivity contribution in [3.63, 3.8) is 0 Å². The molecule has 0 radical (unpaired) electrons. The molecular weight excluding hydrogens is 432 g/mol. The quantitative estimate of drug-likeness (QED) is 0.717. The van der Waals surface area contributed by atoms with Crippen LogP contribution >= 0.6 is 0 Å². The summed E-state index contributed by atoms with van der Waals surface area (Å²) in [7, 11) is -3.54. The van der Waals surface area contributed by atoms with Gasteiger partial charge in [0, 0.05) is 31.5 Å². The topological polar surface area (TPSA) is 119 Å². The summed E-state index contributed by atoms with van der Waals surface area (Å²) < 4.78 is 30.9. The Kier molecular flexibility index (Phi) is 5.59. The van der Waals surface area contributed by atoms with Gasteiger partial charge >= 0.3 is 6.09 Å². The van der Waals surface area contributed by atoms with Crippen LogP contribution in [0.5, 0.6) is 0 Å². The number of piperidine rings is 1. The summed E-state index contributed by atoms with van der Waals surface area (Å²) in [5, 5.41) is 7.38. The maximum Gasteiger partial charge on any atom is 0.410 e. The highest BCUT2D eigenvalue weighted by Gasteiger charge is 2.47. The third-order valence-corrected chi connectivity index (χ3v) is 6.93. The molecule has 10 nitrogen and oxygen atoms in total. The van der Waals surface area contributed by atoms with Crippen LogP contribution < -0.4 is 5.32 Å². The minimum absolute atomic E-state index is 0.156. The lowest BCUT2D eigenvalue weighted by Crippen LogP contribution is -2.44. The number of likely N-dealkylation sites (tertiary alicyclic amines) is 1. The number of carbonyl (C=O) groups excluding carboxylic acids is 1. The molecule has 1 aliphatic heterocycles. The number of aromatic nitrogens is 4. The first kappa shape index (κ1) is 22.8. The average Bonchev–Trinajstić information content (AvgIpc) is 3.37. The molecule has 1 N–H and O–H groups in total. The summed E-state index contributed by atoms with van der Waals surface area (Å²) in [5.74, 6) is 1.91. The lowest BCUT2D eigenvalue weighted by molar-refractivity contribution is 0.0165. The molecule has 2 aliphatic rings. The van der Waals surface area contributed by atoms with Crippen LogP contribution in [-0.2, 0) is 14.6 Å². The van der Waals surface area contributed by atoms with Crippen LogP contribution in [0.4, 0.5) is 10.6 Å². The highest BCUT2D eigenvalue weighted by Crippen LogP contribution is 2.42. The Labute approximate surface area is 188 Å². The van der Waals surface area contributed by atoms with Gasteiger partial charge in [-0.05, 0) is 51.4 Å². The van der Waals surface area contributed by atoms with Crippen molar-refractivity contribution < 1.29 is 17.9 Å². The van der Waals surface area contributed by atoms with Crippen molar-refractivity contribution in [1.29, 1.82) is 0 Å². The molecule has 2 aromatic rings. The van der Waals surface area contributed by atoms with Gasteiger partial charge in [0.25, 0.3) is 10.9 Å². The molecule has 11 heteroatoms. The lowest BCUT2D eigenvalue weighted by Gasteiger charge is -2.33. The number of nitrogens with one attached hydrogen (secondary N) is 1. The average molecular weight is 465 g/mol. The first-order valence-corrected chi connectivity index (χ1v) is 12.9. The minimum atomic E-state index is -3.54. The maximum atomic E-state index is 12.5. The Hall–Kier alpha value is -2.43. The standard InChI is InChI=1S/C21H32N6O4S/c1-12(2)16-9-17(27-18(23-16)24-19(25-27)32(6,29)30)22-10-13-7-15-8-14(13)11-26(15)20(28)31-21(3,4)5/h9,12-15,22H,7-8,10-11H2,1-6H3/t13-,14-,15?/m0/s1. The van der Waals surface area contributed by atoms with Gasteiger partial charge in [-0.25, -0.2) is 18.2 Å². The van der Waals surface area contributed by atoms with Crippen molar-refractivity contribution in [2.24, 2.45) is 11.8 Å². The van der Waals surface area contributed by atoms with Crippen LogP contribution in [-0.4, -0.2) is 70.0 Å². The molecule has 0 spiro atoms. The Balaban J connectivity index is 1.48. The van der Waals surface area contributed by atoms with Gasteiger partial charge in [-0.15, -0.1) is 5.10 Å². The van der Waals surface area contributed by atoms with E-state index < -0.39 is 15.4 Å². The van der Waals surface area contributed by atoms with Gasteiger partial charge in [-0.3, -0.25) is 0 Å². The molecule has 32 heavy (non-hydrogen) atoms. The summed E-state index contributed by atoms with van der Waals surface area (Å²) in [5.41, 5.74) is 0.320. The second kappa shape index (κ2) is 7.86. The molecule has 2 bridgehead atoms. The van der Waals surface area contributed by atoms with E-state index in [1.165, 1.54) is 4.52 Å². The van der Waals surface area contributed by atoms with Gasteiger partial charge in [0.05, 0.1) is 5.69 Å². The van der Waals surface area contributed by atoms with Gasteiger partial charge in [0.15, 0.2) is 0 Å². The number of nitrogens with zero attached hydrogens (tertiary/aromatic N) is 5. The molecule has 3 atom stereocenters. The molecule has 3 heterocycles. The van der Waals surface area contributed by atoms with Crippen molar-refractivity contribution in [1.82, 2.24) is 24.5 Å². The van der Waals surface area contributed by atoms with E-state index >= 15 is 0 Å². The van der Waals surface area contributed by atoms with E-state index in [0.29, 0.717) is 30.7 Å². The molecular formula is C21H32N6O4S. The summed E-state index contributed by atoms with van der Waals surface area (Å²) >= 11 is 0. The summed E-state index contributed by atoms with van der Waals surface area (Å²) in [6.07, 6.45) is 2.75. The Morgan fingerprint density at radius 2 is 2.00 bits per heavy atom. The third-order valence-electron chi connectivity index (χ3n) is 6.10. The maximum absolute atomic E-state index is 12.5. The van der Waals surface area contributed by atoms with E-state index in [2.05, 4.69) is 20.4 Å². The van der Waals surface area contributed by atoms with E-state index in [9.17, 15) is 13.2 Å². The van der Waals surface area contributed by atoms with Gasteiger partial charge in [0.1, 0.15) is 11.4 Å². The van der Waals surface area contributed by atoms with Crippen LogP contribution in [0.1, 0.15) is 59.1 Å². The van der Waals surface area contributed by atoms with Gasteiger partial charge < -0.3 is 15.0 Å². The number of amides is 1. The van der Waals surface area contributed by atoms with Gasteiger partial charge in [-0.2, -0.15) is 9.50 Å². The molecule has 1 saturated carbocycles. The molecule has 0 aromatic carbocycles. The monoisotopic (exact) mass is 464 g/mol. The minimum Gasteiger partial charge on any atom is -0.444 e. The smallest absolute Gasteiger partial charge is 0.410 e. The van der Waals surface area contributed by atoms with Crippen molar-refractivity contribution in [2.45, 2.75) is 70.2 Å². The summed E-state index contributed by atoms with van der Waals surface area (Å²) in [6.45, 7) is 11.1. The normalized spacial score (nSPS) is 23.3. The van der Waals surface area contributed by atoms with Crippen LogP contribution in [0, 0.1) is 11.8 Å². The zero-order valence-corrected chi connectivity index (χ0v) is 20.3. The number of hydrogen-bond acceptors (Lipinski definition) is 8. The van der Waals surface area contributed by atoms with Gasteiger partial charge in [-0.1, -0.05) is 13.8 Å². The highest BCUT2D eigenvalue weighted by molar-refractivity contribution is 7.90. The number of hydrogen-bond donors (Lipinski definition) is 1. The van der Waals surface area contributed by atoms with Crippen LogP contribution in [0.2, 0.25) is 0 Å². The van der Waals surface area contributed by atoms with Crippen molar-refractivity contribution in [2.75, 3.05) is 24.7 Å². The van der Waals surface area contributed by atoms with E-state index in [1.54, 1.807) is 0 Å². The van der Waals surface area contributed by atoms with Crippen LogP contribution in [0.25, 0.3) is 5.78 Å². The van der Waals surface area contributed by atoms with E-state index in [-0.39, 0.29) is 29.0 Å². The molecule has 176 valence electrons. The number of fused-ring (bicyclic) bond motifs is 3. The molecule has 1 aliphatic carbocycles. The molecule has 2 fully saturated rings. The molecule has 4 rings (SSSR count). The molecule has 2 aromatic heterocycles. The lowest BCUT2D eigenvalue weighted by atomic mass is 9.94. The number of sulfone groups is 1. The second-order valence-corrected chi connectivity index (χ2v) is 12.2. The summed E-state index contributed by atoms with van der Waals surface area (Å²) in [4.78, 5) is 22.9. The summed E-state index contributed by atoms with van der Waals surface area (Å²) in [6, 6.07) is 2.10. The number of rotatable bonds is 5. The predicted molar refractivity (Wildman–Crippen MR) is 119 cm³/mol. The second-order valence-electron chi connectivity index (χ2n) is 10.3. The SMILES string of the molecule is CC(C)c1cc(NC[C@@H]2CC3C[C@H]2CN3C(=O)OC(C)(C)C)n2nc(S(C)(=O)=O)nc2n1. The fraction of sp³-hybridized carbons (Fsp3) is 0.714.